The zero-order valence-electron chi connectivity index (χ0n) is 20.8. The zero-order chi connectivity index (χ0) is 25.2. The fourth-order valence-electron chi connectivity index (χ4n) is 4.39. The van der Waals surface area contributed by atoms with Gasteiger partial charge in [0.15, 0.2) is 0 Å². The molecule has 0 aliphatic carbocycles. The van der Waals surface area contributed by atoms with Crippen molar-refractivity contribution in [2.75, 3.05) is 6.26 Å². The maximum Gasteiger partial charge on any atom is 0.322 e. The summed E-state index contributed by atoms with van der Waals surface area (Å²) in [7, 11) is 0. The van der Waals surface area contributed by atoms with E-state index in [0.29, 0.717) is 18.3 Å². The van der Waals surface area contributed by atoms with Gasteiger partial charge in [0, 0.05) is 16.2 Å². The smallest absolute Gasteiger partial charge is 0.322 e. The normalized spacial score (nSPS) is 15.8. The first kappa shape index (κ1) is 23.9. The van der Waals surface area contributed by atoms with Gasteiger partial charge in [-0.1, -0.05) is 65.8 Å². The lowest BCUT2D eigenvalue weighted by Crippen LogP contribution is -2.45. The number of thioether (sulfide) groups is 1. The molecule has 0 bridgehead atoms. The third-order valence-corrected chi connectivity index (χ3v) is 7.39. The molecule has 4 aromatic rings. The third kappa shape index (κ3) is 4.66. The predicted octanol–water partition coefficient (Wildman–Crippen LogP) is 6.77. The maximum absolute atomic E-state index is 13.4. The van der Waals surface area contributed by atoms with Crippen molar-refractivity contribution in [3.05, 3.63) is 107 Å². The summed E-state index contributed by atoms with van der Waals surface area (Å²) in [5, 5.41) is 7.45. The van der Waals surface area contributed by atoms with Gasteiger partial charge in [0.25, 0.3) is 5.89 Å². The van der Waals surface area contributed by atoms with Crippen molar-refractivity contribution in [2.24, 2.45) is 0 Å². The number of aromatic nitrogens is 2. The molecule has 1 atom stereocenters. The van der Waals surface area contributed by atoms with Crippen molar-refractivity contribution in [3.63, 3.8) is 0 Å². The van der Waals surface area contributed by atoms with Crippen molar-refractivity contribution in [1.82, 2.24) is 20.4 Å². The van der Waals surface area contributed by atoms with Gasteiger partial charge in [-0.25, -0.2) is 4.79 Å². The average molecular weight is 497 g/mol. The Balaban J connectivity index is 1.59. The molecule has 1 N–H and O–H groups in total. The maximum atomic E-state index is 13.4. The van der Waals surface area contributed by atoms with Gasteiger partial charge in [0.2, 0.25) is 5.82 Å². The van der Waals surface area contributed by atoms with E-state index < -0.39 is 6.04 Å². The van der Waals surface area contributed by atoms with Gasteiger partial charge in [-0.05, 0) is 61.4 Å². The summed E-state index contributed by atoms with van der Waals surface area (Å²) in [6, 6.07) is 23.7. The van der Waals surface area contributed by atoms with Crippen LogP contribution in [0.1, 0.15) is 41.1 Å². The summed E-state index contributed by atoms with van der Waals surface area (Å²) in [6.45, 7) is 6.54. The van der Waals surface area contributed by atoms with Crippen LogP contribution in [0.4, 0.5) is 4.79 Å². The van der Waals surface area contributed by atoms with Crippen LogP contribution < -0.4 is 5.32 Å². The van der Waals surface area contributed by atoms with Crippen LogP contribution in [0.3, 0.4) is 0 Å². The van der Waals surface area contributed by atoms with Crippen molar-refractivity contribution in [1.29, 1.82) is 0 Å². The van der Waals surface area contributed by atoms with E-state index in [1.54, 1.807) is 16.7 Å². The molecule has 1 aliphatic heterocycles. The van der Waals surface area contributed by atoms with Crippen LogP contribution >= 0.6 is 11.8 Å². The zero-order valence-corrected chi connectivity index (χ0v) is 21.6. The average Bonchev–Trinajstić information content (AvgIpc) is 3.38. The van der Waals surface area contributed by atoms with Gasteiger partial charge in [-0.15, -0.1) is 11.8 Å². The van der Waals surface area contributed by atoms with E-state index in [0.717, 1.165) is 33.5 Å². The van der Waals surface area contributed by atoms with E-state index in [1.165, 1.54) is 10.5 Å². The van der Waals surface area contributed by atoms with E-state index in [9.17, 15) is 4.79 Å². The number of nitrogens with zero attached hydrogens (tertiary/aromatic N) is 3. The largest absolute Gasteiger partial charge is 0.334 e. The predicted molar refractivity (Wildman–Crippen MR) is 143 cm³/mol. The Labute approximate surface area is 215 Å². The van der Waals surface area contributed by atoms with Crippen molar-refractivity contribution < 1.29 is 9.32 Å². The summed E-state index contributed by atoms with van der Waals surface area (Å²) in [5.74, 6) is 0.915. The Bertz CT molecular complexity index is 1430. The fourth-order valence-corrected chi connectivity index (χ4v) is 4.80. The van der Waals surface area contributed by atoms with E-state index in [-0.39, 0.29) is 6.03 Å². The molecule has 1 unspecified atom stereocenters. The minimum Gasteiger partial charge on any atom is -0.334 e. The SMILES string of the molecule is CSc1ccc(CN2C(=O)NC(c3ccc(C)c(C)c3)C(c3nc(-c4ccccc4)no3)=C2C)cc1. The van der Waals surface area contributed by atoms with Gasteiger partial charge < -0.3 is 9.84 Å². The van der Waals surface area contributed by atoms with Crippen LogP contribution in [-0.4, -0.2) is 27.3 Å². The van der Waals surface area contributed by atoms with Crippen LogP contribution in [0.25, 0.3) is 17.0 Å². The number of carbonyl (C=O) groups is 1. The van der Waals surface area contributed by atoms with Crippen LogP contribution in [0.15, 0.2) is 87.9 Å². The van der Waals surface area contributed by atoms with Gasteiger partial charge in [0.05, 0.1) is 18.2 Å². The monoisotopic (exact) mass is 496 g/mol. The number of benzene rings is 3. The Morgan fingerprint density at radius 3 is 2.42 bits per heavy atom. The molecule has 0 spiro atoms. The quantitative estimate of drug-likeness (QED) is 0.298. The summed E-state index contributed by atoms with van der Waals surface area (Å²) < 4.78 is 5.80. The Morgan fingerprint density at radius 2 is 1.72 bits per heavy atom. The molecule has 5 rings (SSSR count). The summed E-state index contributed by atoms with van der Waals surface area (Å²) in [6.07, 6.45) is 2.05. The number of carbonyl (C=O) groups excluding carboxylic acids is 1. The number of hydrogen-bond acceptors (Lipinski definition) is 5. The second-order valence-electron chi connectivity index (χ2n) is 8.95. The first-order valence-electron chi connectivity index (χ1n) is 11.8. The van der Waals surface area contributed by atoms with Crippen LogP contribution in [0, 0.1) is 13.8 Å². The second-order valence-corrected chi connectivity index (χ2v) is 9.83. The van der Waals surface area contributed by atoms with Crippen molar-refractivity contribution >= 4 is 23.4 Å². The van der Waals surface area contributed by atoms with Gasteiger partial charge >= 0.3 is 6.03 Å². The number of hydrogen-bond donors (Lipinski definition) is 1. The molecule has 2 amide bonds. The lowest BCUT2D eigenvalue weighted by atomic mass is 9.92. The van der Waals surface area contributed by atoms with Crippen molar-refractivity contribution in [2.45, 2.75) is 38.3 Å². The molecule has 0 saturated carbocycles. The molecule has 36 heavy (non-hydrogen) atoms. The highest BCUT2D eigenvalue weighted by Crippen LogP contribution is 2.38. The number of allylic oxidation sites excluding steroid dienone is 1. The lowest BCUT2D eigenvalue weighted by molar-refractivity contribution is 0.203. The van der Waals surface area contributed by atoms with E-state index in [1.807, 2.05) is 49.6 Å². The standard InChI is InChI=1S/C29H28N4O2S/c1-18-10-13-23(16-19(18)2)26-25(28-31-27(32-35-28)22-8-6-5-7-9-22)20(3)33(29(34)30-26)17-21-11-14-24(36-4)15-12-21/h5-16,26H,17H2,1-4H3,(H,30,34). The number of nitrogens with one attached hydrogen (secondary N) is 1. The molecular formula is C29H28N4O2S. The number of aryl methyl sites for hydroxylation is 2. The summed E-state index contributed by atoms with van der Waals surface area (Å²) >= 11 is 1.69. The molecular weight excluding hydrogens is 468 g/mol. The molecule has 182 valence electrons. The molecule has 0 saturated heterocycles. The van der Waals surface area contributed by atoms with Crippen LogP contribution in [0.5, 0.6) is 0 Å². The van der Waals surface area contributed by atoms with Crippen LogP contribution in [-0.2, 0) is 6.54 Å². The van der Waals surface area contributed by atoms with E-state index in [2.05, 4.69) is 60.7 Å². The minimum absolute atomic E-state index is 0.156. The molecule has 1 aromatic heterocycles. The molecule has 3 aromatic carbocycles. The molecule has 2 heterocycles. The Hall–Kier alpha value is -3.84. The van der Waals surface area contributed by atoms with Crippen molar-refractivity contribution in [3.8, 4) is 11.4 Å². The van der Waals surface area contributed by atoms with Gasteiger partial charge in [-0.2, -0.15) is 4.98 Å². The number of amides is 2. The first-order chi connectivity index (χ1) is 17.4. The highest BCUT2D eigenvalue weighted by molar-refractivity contribution is 7.98. The molecule has 0 fully saturated rings. The summed E-state index contributed by atoms with van der Waals surface area (Å²) in [5.41, 5.74) is 6.84. The Kier molecular flexibility index (Phi) is 6.65. The fraction of sp³-hybridized carbons (Fsp3) is 0.207. The number of urea groups is 1. The van der Waals surface area contributed by atoms with E-state index >= 15 is 0 Å². The number of rotatable bonds is 6. The van der Waals surface area contributed by atoms with Crippen LogP contribution in [0.2, 0.25) is 0 Å². The first-order valence-corrected chi connectivity index (χ1v) is 13.1. The highest BCUT2D eigenvalue weighted by atomic mass is 32.2. The Morgan fingerprint density at radius 1 is 0.972 bits per heavy atom. The second kappa shape index (κ2) is 10.0. The molecule has 7 heteroatoms. The molecule has 1 aliphatic rings. The highest BCUT2D eigenvalue weighted by Gasteiger charge is 2.36. The lowest BCUT2D eigenvalue weighted by Gasteiger charge is -2.35. The third-order valence-electron chi connectivity index (χ3n) is 6.65. The molecule has 0 radical (unpaired) electrons. The topological polar surface area (TPSA) is 71.3 Å². The van der Waals surface area contributed by atoms with Gasteiger partial charge in [0.1, 0.15) is 0 Å². The van der Waals surface area contributed by atoms with E-state index in [4.69, 9.17) is 9.51 Å². The summed E-state index contributed by atoms with van der Waals surface area (Å²) in [4.78, 5) is 21.1. The minimum atomic E-state index is -0.406. The van der Waals surface area contributed by atoms with Gasteiger partial charge in [-0.3, -0.25) is 4.90 Å². The molecule has 6 nitrogen and oxygen atoms in total.